The van der Waals surface area contributed by atoms with Crippen molar-refractivity contribution in [1.29, 1.82) is 0 Å². The van der Waals surface area contributed by atoms with Crippen LogP contribution in [-0.2, 0) is 12.8 Å². The summed E-state index contributed by atoms with van der Waals surface area (Å²) in [5.74, 6) is 2.56. The summed E-state index contributed by atoms with van der Waals surface area (Å²) in [6.45, 7) is 1.91. The van der Waals surface area contributed by atoms with Crippen LogP contribution in [0.3, 0.4) is 0 Å². The Morgan fingerprint density at radius 3 is 2.65 bits per heavy atom. The van der Waals surface area contributed by atoms with E-state index in [-0.39, 0.29) is 5.56 Å². The number of hydrogen-bond donors (Lipinski definition) is 0. The van der Waals surface area contributed by atoms with Crippen LogP contribution in [0.2, 0.25) is 5.02 Å². The molecule has 0 N–H and O–H groups in total. The molecule has 3 aromatic heterocycles. The first-order valence-electron chi connectivity index (χ1n) is 11.0. The zero-order valence-electron chi connectivity index (χ0n) is 18.4. The van der Waals surface area contributed by atoms with Crippen LogP contribution < -0.4 is 10.5 Å². The van der Waals surface area contributed by atoms with Crippen molar-refractivity contribution < 1.29 is 0 Å². The Labute approximate surface area is 204 Å². The van der Waals surface area contributed by atoms with Gasteiger partial charge in [-0.3, -0.25) is 18.3 Å². The highest BCUT2D eigenvalue weighted by Gasteiger charge is 2.23. The van der Waals surface area contributed by atoms with E-state index in [2.05, 4.69) is 29.9 Å². The number of rotatable bonds is 5. The molecule has 0 saturated carbocycles. The number of nitrogens with zero attached hydrogens (tertiary/aromatic N) is 8. The molecule has 1 aliphatic heterocycles. The van der Waals surface area contributed by atoms with Gasteiger partial charge < -0.3 is 4.90 Å². The summed E-state index contributed by atoms with van der Waals surface area (Å²) in [6, 6.07) is 15.2. The second kappa shape index (κ2) is 8.44. The van der Waals surface area contributed by atoms with Crippen LogP contribution in [0.5, 0.6) is 0 Å². The van der Waals surface area contributed by atoms with Crippen LogP contribution in [-0.4, -0.2) is 47.0 Å². The van der Waals surface area contributed by atoms with E-state index in [1.165, 1.54) is 16.3 Å². The van der Waals surface area contributed by atoms with E-state index < -0.39 is 0 Å². The lowest BCUT2D eigenvalue weighted by Gasteiger charge is -2.18. The van der Waals surface area contributed by atoms with Crippen LogP contribution in [0.15, 0.2) is 58.5 Å². The van der Waals surface area contributed by atoms with E-state index in [9.17, 15) is 4.79 Å². The molecule has 2 aromatic carbocycles. The van der Waals surface area contributed by atoms with E-state index >= 15 is 0 Å². The highest BCUT2D eigenvalue weighted by molar-refractivity contribution is 7.98. The summed E-state index contributed by atoms with van der Waals surface area (Å²) in [6.07, 6.45) is 2.28. The van der Waals surface area contributed by atoms with Gasteiger partial charge in [-0.05, 0) is 43.2 Å². The van der Waals surface area contributed by atoms with Gasteiger partial charge >= 0.3 is 0 Å². The first kappa shape index (κ1) is 21.2. The van der Waals surface area contributed by atoms with Crippen LogP contribution in [0.25, 0.3) is 22.4 Å². The SMILES string of the molecule is Cn1c(=O)c2ccccc2n2c(CSc3nnc(N4CCCC4)n3-c3cccc(Cl)c3)nnc12. The molecule has 0 amide bonds. The third-order valence-corrected chi connectivity index (χ3v) is 7.25. The molecule has 1 aliphatic rings. The number of para-hydroxylation sites is 1. The minimum Gasteiger partial charge on any atom is -0.341 e. The first-order valence-corrected chi connectivity index (χ1v) is 12.4. The lowest BCUT2D eigenvalue weighted by atomic mass is 10.2. The number of thioether (sulfide) groups is 1. The van der Waals surface area contributed by atoms with Crippen LogP contribution in [0, 0.1) is 0 Å². The summed E-state index contributed by atoms with van der Waals surface area (Å²) in [7, 11) is 1.72. The molecule has 11 heteroatoms. The number of anilines is 1. The summed E-state index contributed by atoms with van der Waals surface area (Å²) in [4.78, 5) is 15.0. The maximum absolute atomic E-state index is 12.7. The average molecular weight is 493 g/mol. The quantitative estimate of drug-likeness (QED) is 0.346. The molecule has 0 spiro atoms. The smallest absolute Gasteiger partial charge is 0.262 e. The van der Waals surface area contributed by atoms with Crippen molar-refractivity contribution in [3.05, 3.63) is 69.7 Å². The largest absolute Gasteiger partial charge is 0.341 e. The van der Waals surface area contributed by atoms with Gasteiger partial charge in [-0.15, -0.1) is 20.4 Å². The predicted molar refractivity (Wildman–Crippen MR) is 133 cm³/mol. The normalized spacial score (nSPS) is 14.0. The molecular weight excluding hydrogens is 472 g/mol. The Balaban J connectivity index is 1.42. The van der Waals surface area contributed by atoms with Gasteiger partial charge in [0.1, 0.15) is 5.82 Å². The fraction of sp³-hybridized carbons (Fsp3) is 0.261. The van der Waals surface area contributed by atoms with E-state index in [1.807, 2.05) is 52.9 Å². The Kier molecular flexibility index (Phi) is 5.26. The third-order valence-electron chi connectivity index (χ3n) is 6.09. The fourth-order valence-corrected chi connectivity index (χ4v) is 5.48. The number of aryl methyl sites for hydroxylation is 1. The maximum atomic E-state index is 12.7. The highest BCUT2D eigenvalue weighted by Crippen LogP contribution is 2.31. The van der Waals surface area contributed by atoms with Gasteiger partial charge in [-0.25, -0.2) is 0 Å². The number of halogens is 1. The number of fused-ring (bicyclic) bond motifs is 3. The average Bonchev–Trinajstić information content (AvgIpc) is 3.60. The number of aromatic nitrogens is 7. The van der Waals surface area contributed by atoms with Crippen molar-refractivity contribution >= 4 is 46.0 Å². The zero-order chi connectivity index (χ0) is 23.2. The molecule has 0 unspecified atom stereocenters. The Morgan fingerprint density at radius 1 is 1.00 bits per heavy atom. The molecule has 0 bridgehead atoms. The van der Waals surface area contributed by atoms with Crippen molar-refractivity contribution in [2.45, 2.75) is 23.8 Å². The van der Waals surface area contributed by atoms with Gasteiger partial charge in [-0.2, -0.15) is 0 Å². The van der Waals surface area contributed by atoms with Crippen molar-refractivity contribution in [3.63, 3.8) is 0 Å². The summed E-state index contributed by atoms with van der Waals surface area (Å²) < 4.78 is 5.52. The van der Waals surface area contributed by atoms with Crippen LogP contribution >= 0.6 is 23.4 Å². The van der Waals surface area contributed by atoms with E-state index in [0.29, 0.717) is 21.9 Å². The standard InChI is InChI=1S/C23H21ClN8OS/c1-29-20(33)17-9-2-3-10-18(17)32-19(25-26-21(29)32)14-34-23-28-27-22(30-11-4-5-12-30)31(23)16-8-6-7-15(24)13-16/h2-3,6-10,13H,4-5,11-12,14H2,1H3. The number of benzene rings is 2. The Bertz CT molecular complexity index is 1580. The second-order valence-electron chi connectivity index (χ2n) is 8.21. The van der Waals surface area contributed by atoms with Gasteiger partial charge in [0, 0.05) is 25.2 Å². The van der Waals surface area contributed by atoms with E-state index in [1.54, 1.807) is 7.05 Å². The molecule has 0 radical (unpaired) electrons. The number of hydrogen-bond acceptors (Lipinski definition) is 7. The summed E-state index contributed by atoms with van der Waals surface area (Å²) in [5, 5.41) is 19.8. The van der Waals surface area contributed by atoms with Crippen molar-refractivity contribution in [2.24, 2.45) is 7.05 Å². The van der Waals surface area contributed by atoms with Gasteiger partial charge in [0.15, 0.2) is 5.16 Å². The van der Waals surface area contributed by atoms with E-state index in [0.717, 1.165) is 54.1 Å². The van der Waals surface area contributed by atoms with Gasteiger partial charge in [0.2, 0.25) is 11.7 Å². The summed E-state index contributed by atoms with van der Waals surface area (Å²) >= 11 is 7.84. The molecule has 172 valence electrons. The van der Waals surface area contributed by atoms with Gasteiger partial charge in [0.25, 0.3) is 5.56 Å². The molecule has 1 saturated heterocycles. The molecule has 0 atom stereocenters. The van der Waals surface area contributed by atoms with Gasteiger partial charge in [-0.1, -0.05) is 41.6 Å². The predicted octanol–water partition coefficient (Wildman–Crippen LogP) is 3.71. The monoisotopic (exact) mass is 492 g/mol. The lowest BCUT2D eigenvalue weighted by Crippen LogP contribution is -2.22. The first-order chi connectivity index (χ1) is 16.6. The Morgan fingerprint density at radius 2 is 1.82 bits per heavy atom. The molecule has 1 fully saturated rings. The van der Waals surface area contributed by atoms with Crippen molar-refractivity contribution in [1.82, 2.24) is 33.9 Å². The van der Waals surface area contributed by atoms with Crippen molar-refractivity contribution in [2.75, 3.05) is 18.0 Å². The lowest BCUT2D eigenvalue weighted by molar-refractivity contribution is 0.840. The maximum Gasteiger partial charge on any atom is 0.262 e. The molecule has 6 rings (SSSR count). The topological polar surface area (TPSA) is 86.1 Å². The van der Waals surface area contributed by atoms with Gasteiger partial charge in [0.05, 0.1) is 22.3 Å². The molecule has 0 aliphatic carbocycles. The zero-order valence-corrected chi connectivity index (χ0v) is 20.0. The van der Waals surface area contributed by atoms with Crippen molar-refractivity contribution in [3.8, 4) is 5.69 Å². The minimum absolute atomic E-state index is 0.0920. The molecule has 4 heterocycles. The highest BCUT2D eigenvalue weighted by atomic mass is 35.5. The molecule has 5 aromatic rings. The van der Waals surface area contributed by atoms with E-state index in [4.69, 9.17) is 11.6 Å². The Hall–Kier alpha value is -3.37. The second-order valence-corrected chi connectivity index (χ2v) is 9.59. The minimum atomic E-state index is -0.0920. The molecule has 34 heavy (non-hydrogen) atoms. The van der Waals surface area contributed by atoms with Crippen LogP contribution in [0.4, 0.5) is 5.95 Å². The molecule has 9 nitrogen and oxygen atoms in total. The summed E-state index contributed by atoms with van der Waals surface area (Å²) in [5.41, 5.74) is 1.61. The van der Waals surface area contributed by atoms with Crippen LogP contribution in [0.1, 0.15) is 18.7 Å². The fourth-order valence-electron chi connectivity index (χ4n) is 4.43. The third kappa shape index (κ3) is 3.45. The molecular formula is C23H21ClN8OS.